The molecule has 4 aromatic rings. The molecule has 1 amide bonds. The van der Waals surface area contributed by atoms with Crippen molar-refractivity contribution in [1.82, 2.24) is 10.3 Å². The number of hydrogen-bond acceptors (Lipinski definition) is 4. The average molecular weight is 511 g/mol. The Morgan fingerprint density at radius 2 is 1.47 bits per heavy atom. The summed E-state index contributed by atoms with van der Waals surface area (Å²) in [5.74, 6) is -0.406. The summed E-state index contributed by atoms with van der Waals surface area (Å²) in [6, 6.07) is 20.4. The van der Waals surface area contributed by atoms with E-state index in [2.05, 4.69) is 10.3 Å². The van der Waals surface area contributed by atoms with Gasteiger partial charge in [-0.1, -0.05) is 48.5 Å². The van der Waals surface area contributed by atoms with E-state index in [0.717, 1.165) is 35.1 Å². The van der Waals surface area contributed by atoms with Crippen molar-refractivity contribution in [2.45, 2.75) is 17.6 Å². The van der Waals surface area contributed by atoms with Crippen LogP contribution in [0.5, 0.6) is 0 Å². The predicted octanol–water partition coefficient (Wildman–Crippen LogP) is 5.77. The Hall–Kier alpha value is -3.98. The first-order chi connectivity index (χ1) is 17.0. The summed E-state index contributed by atoms with van der Waals surface area (Å²) in [5.41, 5.74) is 2.75. The number of benzene rings is 3. The van der Waals surface area contributed by atoms with E-state index in [4.69, 9.17) is 0 Å². The summed E-state index contributed by atoms with van der Waals surface area (Å²) in [4.78, 5) is 16.9. The molecule has 184 valence electrons. The van der Waals surface area contributed by atoms with E-state index in [1.165, 1.54) is 30.6 Å². The van der Waals surface area contributed by atoms with Gasteiger partial charge in [-0.3, -0.25) is 9.78 Å². The quantitative estimate of drug-likeness (QED) is 0.358. The maximum Gasteiger partial charge on any atom is 0.416 e. The molecule has 0 atom stereocenters. The second-order valence-electron chi connectivity index (χ2n) is 8.22. The van der Waals surface area contributed by atoms with Gasteiger partial charge in [-0.2, -0.15) is 13.2 Å². The normalized spacial score (nSPS) is 11.8. The molecule has 0 saturated heterocycles. The van der Waals surface area contributed by atoms with E-state index in [1.807, 2.05) is 24.3 Å². The molecule has 0 fully saturated rings. The lowest BCUT2D eigenvalue weighted by atomic mass is 10.0. The molecule has 0 aliphatic rings. The Morgan fingerprint density at radius 3 is 2.08 bits per heavy atom. The highest BCUT2D eigenvalue weighted by Gasteiger charge is 2.30. The van der Waals surface area contributed by atoms with E-state index in [-0.39, 0.29) is 17.0 Å². The van der Waals surface area contributed by atoms with Crippen LogP contribution < -0.4 is 5.32 Å². The lowest BCUT2D eigenvalue weighted by molar-refractivity contribution is -0.137. The molecule has 9 heteroatoms. The zero-order valence-electron chi connectivity index (χ0n) is 19.1. The molecule has 36 heavy (non-hydrogen) atoms. The van der Waals surface area contributed by atoms with Gasteiger partial charge >= 0.3 is 6.18 Å². The van der Waals surface area contributed by atoms with Crippen LogP contribution in [0.2, 0.25) is 0 Å². The molecule has 5 nitrogen and oxygen atoms in total. The van der Waals surface area contributed by atoms with E-state index >= 15 is 0 Å². The van der Waals surface area contributed by atoms with Crippen molar-refractivity contribution in [2.24, 2.45) is 0 Å². The first-order valence-corrected chi connectivity index (χ1v) is 12.7. The van der Waals surface area contributed by atoms with Gasteiger partial charge < -0.3 is 5.32 Å². The van der Waals surface area contributed by atoms with E-state index in [9.17, 15) is 26.4 Å². The Bertz CT molecular complexity index is 1500. The first kappa shape index (κ1) is 25.1. The van der Waals surface area contributed by atoms with Crippen molar-refractivity contribution in [2.75, 3.05) is 6.26 Å². The molecule has 4 rings (SSSR count). The van der Waals surface area contributed by atoms with Gasteiger partial charge in [0, 0.05) is 30.8 Å². The van der Waals surface area contributed by atoms with Crippen LogP contribution in [0.4, 0.5) is 13.2 Å². The Labute approximate surface area is 206 Å². The monoisotopic (exact) mass is 510 g/mol. The average Bonchev–Trinajstić information content (AvgIpc) is 2.87. The van der Waals surface area contributed by atoms with Gasteiger partial charge in [0.2, 0.25) is 0 Å². The van der Waals surface area contributed by atoms with Crippen LogP contribution in [-0.4, -0.2) is 25.6 Å². The first-order valence-electron chi connectivity index (χ1n) is 10.8. The van der Waals surface area contributed by atoms with Crippen LogP contribution in [0.1, 0.15) is 21.5 Å². The topological polar surface area (TPSA) is 76.1 Å². The molecule has 1 aromatic heterocycles. The Morgan fingerprint density at radius 1 is 0.833 bits per heavy atom. The molecule has 0 bridgehead atoms. The van der Waals surface area contributed by atoms with Crippen molar-refractivity contribution in [1.29, 1.82) is 0 Å². The number of halogens is 3. The number of nitrogens with zero attached hydrogens (tertiary/aromatic N) is 1. The smallest absolute Gasteiger partial charge is 0.348 e. The summed E-state index contributed by atoms with van der Waals surface area (Å²) in [7, 11) is -3.26. The fourth-order valence-electron chi connectivity index (χ4n) is 3.59. The molecule has 0 radical (unpaired) electrons. The fraction of sp³-hybridized carbons (Fsp3) is 0.111. The number of rotatable bonds is 6. The lowest BCUT2D eigenvalue weighted by Crippen LogP contribution is -2.22. The van der Waals surface area contributed by atoms with Crippen molar-refractivity contribution >= 4 is 15.7 Å². The standard InChI is InChI=1S/C27H21F3N2O3S/c1-36(34,35)25-11-9-20(10-12-25)19-7-5-18(6-8-19)15-32-26(33)23-13-22(16-31-17-23)21-3-2-4-24(14-21)27(28,29)30/h2-14,16-17H,15H2,1H3,(H,32,33). The number of carbonyl (C=O) groups excluding carboxylic acids is 1. The second kappa shape index (κ2) is 9.94. The molecule has 0 saturated carbocycles. The summed E-state index contributed by atoms with van der Waals surface area (Å²) in [5, 5.41) is 2.79. The maximum atomic E-state index is 13.0. The van der Waals surface area contributed by atoms with Crippen LogP contribution in [0.15, 0.2) is 96.2 Å². The van der Waals surface area contributed by atoms with Crippen molar-refractivity contribution in [3.05, 3.63) is 108 Å². The van der Waals surface area contributed by atoms with Crippen molar-refractivity contribution in [3.63, 3.8) is 0 Å². The minimum absolute atomic E-state index is 0.229. The number of sulfone groups is 1. The SMILES string of the molecule is CS(=O)(=O)c1ccc(-c2ccc(CNC(=O)c3cncc(-c4cccc(C(F)(F)F)c4)c3)cc2)cc1. The van der Waals surface area contributed by atoms with Crippen LogP contribution in [0.3, 0.4) is 0 Å². The van der Waals surface area contributed by atoms with Gasteiger partial charge in [-0.05, 0) is 52.6 Å². The molecule has 0 spiro atoms. The van der Waals surface area contributed by atoms with E-state index in [0.29, 0.717) is 11.1 Å². The number of carbonyl (C=O) groups is 1. The number of pyridine rings is 1. The van der Waals surface area contributed by atoms with Gasteiger partial charge in [-0.25, -0.2) is 8.42 Å². The van der Waals surface area contributed by atoms with Crippen LogP contribution in [0.25, 0.3) is 22.3 Å². The lowest BCUT2D eigenvalue weighted by Gasteiger charge is -2.10. The highest BCUT2D eigenvalue weighted by molar-refractivity contribution is 7.90. The minimum Gasteiger partial charge on any atom is -0.348 e. The van der Waals surface area contributed by atoms with Crippen LogP contribution in [0, 0.1) is 0 Å². The zero-order valence-corrected chi connectivity index (χ0v) is 19.9. The van der Waals surface area contributed by atoms with Crippen LogP contribution in [-0.2, 0) is 22.6 Å². The molecular formula is C27H21F3N2O3S. The number of aromatic nitrogens is 1. The van der Waals surface area contributed by atoms with Crippen LogP contribution >= 0.6 is 0 Å². The molecule has 1 heterocycles. The van der Waals surface area contributed by atoms with Gasteiger partial charge in [-0.15, -0.1) is 0 Å². The fourth-order valence-corrected chi connectivity index (χ4v) is 4.22. The van der Waals surface area contributed by atoms with Gasteiger partial charge in [0.05, 0.1) is 16.0 Å². The second-order valence-corrected chi connectivity index (χ2v) is 10.2. The summed E-state index contributed by atoms with van der Waals surface area (Å²) >= 11 is 0. The molecule has 3 aromatic carbocycles. The number of nitrogens with one attached hydrogen (secondary N) is 1. The van der Waals surface area contributed by atoms with Crippen molar-refractivity contribution in [3.8, 4) is 22.3 Å². The Kier molecular flexibility index (Phi) is 6.94. The molecule has 0 aliphatic heterocycles. The molecule has 1 N–H and O–H groups in total. The van der Waals surface area contributed by atoms with Gasteiger partial charge in [0.15, 0.2) is 9.84 Å². The third kappa shape index (κ3) is 5.98. The summed E-state index contributed by atoms with van der Waals surface area (Å²) < 4.78 is 62.3. The number of amides is 1. The summed E-state index contributed by atoms with van der Waals surface area (Å²) in [6.45, 7) is 0.236. The van der Waals surface area contributed by atoms with E-state index in [1.54, 1.807) is 24.3 Å². The molecule has 0 unspecified atom stereocenters. The highest BCUT2D eigenvalue weighted by atomic mass is 32.2. The molecular weight excluding hydrogens is 489 g/mol. The largest absolute Gasteiger partial charge is 0.416 e. The third-order valence-electron chi connectivity index (χ3n) is 5.55. The minimum atomic E-state index is -4.46. The highest BCUT2D eigenvalue weighted by Crippen LogP contribution is 2.32. The number of hydrogen-bond donors (Lipinski definition) is 1. The van der Waals surface area contributed by atoms with Gasteiger partial charge in [0.25, 0.3) is 5.91 Å². The molecule has 0 aliphatic carbocycles. The maximum absolute atomic E-state index is 13.0. The zero-order chi connectivity index (χ0) is 25.9. The Balaban J connectivity index is 1.42. The van der Waals surface area contributed by atoms with E-state index < -0.39 is 27.5 Å². The third-order valence-corrected chi connectivity index (χ3v) is 6.67. The summed E-state index contributed by atoms with van der Waals surface area (Å²) in [6.07, 6.45) is -0.542. The van der Waals surface area contributed by atoms with Crippen molar-refractivity contribution < 1.29 is 26.4 Å². The van der Waals surface area contributed by atoms with Gasteiger partial charge in [0.1, 0.15) is 0 Å². The number of alkyl halides is 3. The predicted molar refractivity (Wildman–Crippen MR) is 131 cm³/mol.